The molecule has 456 valence electrons. The summed E-state index contributed by atoms with van der Waals surface area (Å²) >= 11 is 0. The summed E-state index contributed by atoms with van der Waals surface area (Å²) in [5.41, 5.74) is 0. The van der Waals surface area contributed by atoms with Gasteiger partial charge in [-0.3, -0.25) is 4.79 Å². The van der Waals surface area contributed by atoms with E-state index >= 15 is 0 Å². The number of rotatable bonds is 59. The second-order valence-corrected chi connectivity index (χ2v) is 23.8. The van der Waals surface area contributed by atoms with E-state index in [2.05, 4.69) is 31.3 Å². The number of allylic oxidation sites excluding steroid dienone is 3. The van der Waals surface area contributed by atoms with Gasteiger partial charge in [0.05, 0.1) is 25.4 Å². The van der Waals surface area contributed by atoms with Gasteiger partial charge >= 0.3 is 0 Å². The van der Waals surface area contributed by atoms with Crippen molar-refractivity contribution in [2.24, 2.45) is 0 Å². The van der Waals surface area contributed by atoms with Crippen LogP contribution < -0.4 is 5.32 Å². The van der Waals surface area contributed by atoms with Crippen molar-refractivity contribution in [2.45, 2.75) is 384 Å². The second kappa shape index (κ2) is 56.5. The Morgan fingerprint density at radius 2 is 0.766 bits per heavy atom. The van der Waals surface area contributed by atoms with Gasteiger partial charge in [0.25, 0.3) is 0 Å². The summed E-state index contributed by atoms with van der Waals surface area (Å²) in [4.78, 5) is 13.1. The third-order valence-corrected chi connectivity index (χ3v) is 16.4. The third kappa shape index (κ3) is 44.9. The number of ether oxygens (including phenoxy) is 2. The summed E-state index contributed by atoms with van der Waals surface area (Å²) < 4.78 is 11.2. The van der Waals surface area contributed by atoms with Gasteiger partial charge in [-0.2, -0.15) is 0 Å². The van der Waals surface area contributed by atoms with E-state index in [1.165, 1.54) is 270 Å². The molecule has 1 aliphatic rings. The first-order chi connectivity index (χ1) is 37.8. The lowest BCUT2D eigenvalue weighted by Crippen LogP contribution is -2.60. The molecule has 0 saturated carbocycles. The molecule has 0 aromatic rings. The molecule has 1 rings (SSSR count). The van der Waals surface area contributed by atoms with Crippen molar-refractivity contribution >= 4 is 5.91 Å². The van der Waals surface area contributed by atoms with Gasteiger partial charge in [0.2, 0.25) is 5.91 Å². The number of hydrogen-bond donors (Lipinski definition) is 7. The van der Waals surface area contributed by atoms with Gasteiger partial charge < -0.3 is 45.4 Å². The number of aliphatic hydroxyl groups excluding tert-OH is 6. The maximum absolute atomic E-state index is 13.1. The molecule has 10 heteroatoms. The zero-order valence-corrected chi connectivity index (χ0v) is 50.6. The van der Waals surface area contributed by atoms with Gasteiger partial charge in [-0.05, 0) is 32.1 Å². The standard InChI is InChI=1S/C67H129NO9/c1-3-5-7-9-11-13-15-17-19-20-21-22-23-24-25-26-27-28-29-30-31-32-33-34-35-36-37-38-39-40-41-42-44-46-48-50-52-54-56-61(71)66(75)68-59(58-76-67-65(74)64(73)63(72)62(57-69)77-67)60(70)55-53-51-49-47-45-43-18-16-14-12-10-8-6-4-2/h45,47,53,55,59-65,67,69-74H,3-44,46,48-52,54,56-58H2,1-2H3,(H,68,75)/b47-45+,55-53+. The Morgan fingerprint density at radius 1 is 0.442 bits per heavy atom. The molecule has 0 aliphatic carbocycles. The van der Waals surface area contributed by atoms with Crippen molar-refractivity contribution in [1.29, 1.82) is 0 Å². The fraction of sp³-hybridized carbons (Fsp3) is 0.925. The number of nitrogens with one attached hydrogen (secondary N) is 1. The smallest absolute Gasteiger partial charge is 0.249 e. The van der Waals surface area contributed by atoms with Crippen LogP contribution in [0.3, 0.4) is 0 Å². The molecule has 0 bridgehead atoms. The first kappa shape index (κ1) is 73.6. The van der Waals surface area contributed by atoms with Crippen molar-refractivity contribution in [2.75, 3.05) is 13.2 Å². The predicted octanol–water partition coefficient (Wildman–Crippen LogP) is 16.7. The monoisotopic (exact) mass is 1090 g/mol. The molecule has 0 aromatic carbocycles. The molecule has 0 spiro atoms. The van der Waals surface area contributed by atoms with Crippen LogP contribution in [-0.4, -0.2) is 98.7 Å². The molecule has 77 heavy (non-hydrogen) atoms. The van der Waals surface area contributed by atoms with E-state index in [0.717, 1.165) is 38.5 Å². The van der Waals surface area contributed by atoms with E-state index in [9.17, 15) is 35.4 Å². The van der Waals surface area contributed by atoms with Gasteiger partial charge in [-0.25, -0.2) is 0 Å². The zero-order valence-electron chi connectivity index (χ0n) is 50.6. The third-order valence-electron chi connectivity index (χ3n) is 16.4. The fourth-order valence-electron chi connectivity index (χ4n) is 11.0. The van der Waals surface area contributed by atoms with Gasteiger partial charge in [0.1, 0.15) is 30.5 Å². The van der Waals surface area contributed by atoms with Crippen LogP contribution in [-0.2, 0) is 14.3 Å². The maximum atomic E-state index is 13.1. The van der Waals surface area contributed by atoms with Gasteiger partial charge in [-0.15, -0.1) is 0 Å². The minimum absolute atomic E-state index is 0.309. The Balaban J connectivity index is 2.06. The number of carbonyl (C=O) groups excluding carboxylic acids is 1. The van der Waals surface area contributed by atoms with Crippen molar-refractivity contribution < 1.29 is 44.9 Å². The summed E-state index contributed by atoms with van der Waals surface area (Å²) in [6, 6.07) is -0.994. The summed E-state index contributed by atoms with van der Waals surface area (Å²) in [5.74, 6) is -0.620. The molecule has 8 atom stereocenters. The first-order valence-electron chi connectivity index (χ1n) is 33.7. The highest BCUT2D eigenvalue weighted by Crippen LogP contribution is 2.23. The molecule has 1 amide bonds. The van der Waals surface area contributed by atoms with Crippen molar-refractivity contribution in [3.05, 3.63) is 24.3 Å². The Morgan fingerprint density at radius 3 is 1.13 bits per heavy atom. The van der Waals surface area contributed by atoms with Crippen LogP contribution in [0, 0.1) is 0 Å². The SMILES string of the molecule is CCCCCCCCCC/C=C/CC/C=C/C(O)C(COC1OC(CO)C(O)C(O)C1O)NC(=O)C(O)CCCCCCCCCCCCCCCCCCCCCCCCCCCCCCCCCCCCCCCC. The number of aliphatic hydroxyl groups is 6. The maximum Gasteiger partial charge on any atom is 0.249 e. The summed E-state index contributed by atoms with van der Waals surface area (Å²) in [6.07, 6.45) is 63.4. The number of hydrogen-bond acceptors (Lipinski definition) is 9. The van der Waals surface area contributed by atoms with Crippen LogP contribution in [0.4, 0.5) is 0 Å². The lowest BCUT2D eigenvalue weighted by atomic mass is 9.99. The largest absolute Gasteiger partial charge is 0.394 e. The topological polar surface area (TPSA) is 169 Å². The van der Waals surface area contributed by atoms with E-state index < -0.39 is 61.5 Å². The molecule has 0 aromatic heterocycles. The quantitative estimate of drug-likeness (QED) is 0.0232. The minimum atomic E-state index is -1.61. The summed E-state index contributed by atoms with van der Waals surface area (Å²) in [7, 11) is 0. The van der Waals surface area contributed by atoms with Crippen LogP contribution in [0.5, 0.6) is 0 Å². The van der Waals surface area contributed by atoms with Gasteiger partial charge in [0.15, 0.2) is 6.29 Å². The van der Waals surface area contributed by atoms with E-state index in [4.69, 9.17) is 9.47 Å². The van der Waals surface area contributed by atoms with Crippen molar-refractivity contribution in [1.82, 2.24) is 5.32 Å². The van der Waals surface area contributed by atoms with E-state index in [0.29, 0.717) is 12.8 Å². The minimum Gasteiger partial charge on any atom is -0.394 e. The number of unbranched alkanes of at least 4 members (excludes halogenated alkanes) is 46. The normalized spacial score (nSPS) is 19.2. The first-order valence-corrected chi connectivity index (χ1v) is 33.7. The Bertz CT molecular complexity index is 1280. The summed E-state index contributed by atoms with van der Waals surface area (Å²) in [5, 5.41) is 65.0. The average molecular weight is 1090 g/mol. The van der Waals surface area contributed by atoms with Crippen molar-refractivity contribution in [3.8, 4) is 0 Å². The molecule has 8 unspecified atom stereocenters. The molecule has 1 aliphatic heterocycles. The van der Waals surface area contributed by atoms with Crippen molar-refractivity contribution in [3.63, 3.8) is 0 Å². The van der Waals surface area contributed by atoms with Crippen LogP contribution in [0.25, 0.3) is 0 Å². The molecular weight excluding hydrogens is 963 g/mol. The predicted molar refractivity (Wildman–Crippen MR) is 324 cm³/mol. The Labute approximate surface area is 475 Å². The highest BCUT2D eigenvalue weighted by Gasteiger charge is 2.44. The van der Waals surface area contributed by atoms with Gasteiger partial charge in [0, 0.05) is 0 Å². The van der Waals surface area contributed by atoms with E-state index in [1.54, 1.807) is 6.08 Å². The Kier molecular flexibility index (Phi) is 54.0. The molecule has 1 saturated heterocycles. The highest BCUT2D eigenvalue weighted by molar-refractivity contribution is 5.80. The molecule has 0 radical (unpaired) electrons. The van der Waals surface area contributed by atoms with Crippen LogP contribution in [0.2, 0.25) is 0 Å². The molecule has 7 N–H and O–H groups in total. The van der Waals surface area contributed by atoms with Crippen LogP contribution in [0.1, 0.15) is 335 Å². The molecule has 10 nitrogen and oxygen atoms in total. The lowest BCUT2D eigenvalue weighted by molar-refractivity contribution is -0.302. The average Bonchev–Trinajstić information content (AvgIpc) is 3.44. The van der Waals surface area contributed by atoms with Gasteiger partial charge in [-0.1, -0.05) is 327 Å². The highest BCUT2D eigenvalue weighted by atomic mass is 16.7. The molecule has 1 fully saturated rings. The second-order valence-electron chi connectivity index (χ2n) is 23.8. The Hall–Kier alpha value is -1.37. The fourth-order valence-corrected chi connectivity index (χ4v) is 11.0. The molecule has 1 heterocycles. The number of amides is 1. The van der Waals surface area contributed by atoms with E-state index in [1.807, 2.05) is 6.08 Å². The van der Waals surface area contributed by atoms with Crippen LogP contribution >= 0.6 is 0 Å². The zero-order chi connectivity index (χ0) is 55.9. The van der Waals surface area contributed by atoms with E-state index in [-0.39, 0.29) is 6.61 Å². The number of carbonyl (C=O) groups is 1. The van der Waals surface area contributed by atoms with Crippen LogP contribution in [0.15, 0.2) is 24.3 Å². The molecular formula is C67H129NO9. The lowest BCUT2D eigenvalue weighted by Gasteiger charge is -2.40. The summed E-state index contributed by atoms with van der Waals surface area (Å²) in [6.45, 7) is 3.63.